The van der Waals surface area contributed by atoms with Gasteiger partial charge in [0.1, 0.15) is 0 Å². The summed E-state index contributed by atoms with van der Waals surface area (Å²) in [4.78, 5) is 30.0. The fourth-order valence-corrected chi connectivity index (χ4v) is 3.89. The minimum absolute atomic E-state index is 0.0720. The Balaban J connectivity index is 2.24. The van der Waals surface area contributed by atoms with Crippen molar-refractivity contribution in [3.63, 3.8) is 0 Å². The number of aryl methyl sites for hydroxylation is 1. The Morgan fingerprint density at radius 1 is 1.32 bits per heavy atom. The molecule has 5 heteroatoms. The summed E-state index contributed by atoms with van der Waals surface area (Å²) in [5.41, 5.74) is 4.35. The molecule has 5 nitrogen and oxygen atoms in total. The first kappa shape index (κ1) is 17.4. The van der Waals surface area contributed by atoms with E-state index in [9.17, 15) is 9.59 Å². The van der Waals surface area contributed by atoms with Crippen LogP contribution in [0.3, 0.4) is 0 Å². The SMILES string of the molecule is COC(=O)C1=C(C)NC2=C(C(=O)CC(C)(C)C2)[C@@H]1c1ncccc1C. The number of rotatable bonds is 2. The Morgan fingerprint density at radius 3 is 2.68 bits per heavy atom. The average Bonchev–Trinajstić information content (AvgIpc) is 2.52. The second kappa shape index (κ2) is 6.14. The zero-order valence-electron chi connectivity index (χ0n) is 15.4. The first-order valence-corrected chi connectivity index (χ1v) is 8.49. The van der Waals surface area contributed by atoms with Crippen molar-refractivity contribution in [2.45, 2.75) is 46.5 Å². The van der Waals surface area contributed by atoms with Crippen LogP contribution in [0.2, 0.25) is 0 Å². The van der Waals surface area contributed by atoms with Crippen LogP contribution in [0.1, 0.15) is 50.8 Å². The van der Waals surface area contributed by atoms with Crippen molar-refractivity contribution in [2.75, 3.05) is 7.11 Å². The Kier molecular flexibility index (Phi) is 4.27. The molecule has 0 unspecified atom stereocenters. The van der Waals surface area contributed by atoms with Crippen molar-refractivity contribution in [1.29, 1.82) is 0 Å². The summed E-state index contributed by atoms with van der Waals surface area (Å²) in [5.74, 6) is -0.833. The molecule has 0 aromatic carbocycles. The number of nitrogens with one attached hydrogen (secondary N) is 1. The molecule has 1 aromatic rings. The lowest BCUT2D eigenvalue weighted by atomic mass is 9.69. The Labute approximate surface area is 148 Å². The van der Waals surface area contributed by atoms with Gasteiger partial charge in [-0.3, -0.25) is 9.78 Å². The predicted molar refractivity (Wildman–Crippen MR) is 94.6 cm³/mol. The van der Waals surface area contributed by atoms with Crippen molar-refractivity contribution in [3.8, 4) is 0 Å². The van der Waals surface area contributed by atoms with Gasteiger partial charge in [0.25, 0.3) is 0 Å². The number of carbonyl (C=O) groups is 2. The number of aromatic nitrogens is 1. The molecule has 1 atom stereocenters. The van der Waals surface area contributed by atoms with Crippen LogP contribution in [0.25, 0.3) is 0 Å². The number of pyridine rings is 1. The number of ether oxygens (including phenoxy) is 1. The van der Waals surface area contributed by atoms with Gasteiger partial charge in [-0.2, -0.15) is 0 Å². The molecule has 0 radical (unpaired) electrons. The van der Waals surface area contributed by atoms with Gasteiger partial charge in [-0.1, -0.05) is 19.9 Å². The molecule has 0 amide bonds. The number of hydrogen-bond donors (Lipinski definition) is 1. The van der Waals surface area contributed by atoms with Gasteiger partial charge < -0.3 is 10.1 Å². The number of hydrogen-bond acceptors (Lipinski definition) is 5. The van der Waals surface area contributed by atoms with Gasteiger partial charge in [-0.25, -0.2) is 4.79 Å². The zero-order valence-corrected chi connectivity index (χ0v) is 15.4. The molecule has 1 N–H and O–H groups in total. The highest BCUT2D eigenvalue weighted by molar-refractivity contribution is 6.04. The number of esters is 1. The summed E-state index contributed by atoms with van der Waals surface area (Å²) in [5, 5.41) is 3.30. The van der Waals surface area contributed by atoms with Gasteiger partial charge in [0, 0.05) is 29.6 Å². The Morgan fingerprint density at radius 2 is 2.04 bits per heavy atom. The molecule has 0 spiro atoms. The molecule has 1 aliphatic heterocycles. The minimum Gasteiger partial charge on any atom is -0.466 e. The first-order valence-electron chi connectivity index (χ1n) is 8.49. The quantitative estimate of drug-likeness (QED) is 0.838. The van der Waals surface area contributed by atoms with Gasteiger partial charge >= 0.3 is 5.97 Å². The molecule has 1 aliphatic carbocycles. The smallest absolute Gasteiger partial charge is 0.336 e. The molecule has 132 valence electrons. The lowest BCUT2D eigenvalue weighted by Gasteiger charge is -2.39. The lowest BCUT2D eigenvalue weighted by Crippen LogP contribution is -2.39. The second-order valence-corrected chi connectivity index (χ2v) is 7.63. The van der Waals surface area contributed by atoms with Crippen LogP contribution in [0.15, 0.2) is 40.9 Å². The molecular formula is C20H24N2O3. The Hall–Kier alpha value is -2.43. The number of carbonyl (C=O) groups excluding carboxylic acids is 2. The molecule has 2 aliphatic rings. The Bertz CT molecular complexity index is 818. The van der Waals surface area contributed by atoms with Gasteiger partial charge in [0.2, 0.25) is 0 Å². The van der Waals surface area contributed by atoms with E-state index >= 15 is 0 Å². The summed E-state index contributed by atoms with van der Waals surface area (Å²) in [6.07, 6.45) is 2.93. The third kappa shape index (κ3) is 2.99. The third-order valence-corrected chi connectivity index (χ3v) is 4.97. The van der Waals surface area contributed by atoms with Crippen molar-refractivity contribution in [3.05, 3.63) is 52.1 Å². The van der Waals surface area contributed by atoms with E-state index in [-0.39, 0.29) is 11.2 Å². The van der Waals surface area contributed by atoms with Crippen LogP contribution in [-0.2, 0) is 14.3 Å². The van der Waals surface area contributed by atoms with Crippen LogP contribution in [0.5, 0.6) is 0 Å². The fraction of sp³-hybridized carbons (Fsp3) is 0.450. The van der Waals surface area contributed by atoms with Gasteiger partial charge in [0.05, 0.1) is 24.3 Å². The maximum absolute atomic E-state index is 13.0. The predicted octanol–water partition coefficient (Wildman–Crippen LogP) is 3.17. The van der Waals surface area contributed by atoms with E-state index < -0.39 is 11.9 Å². The van der Waals surface area contributed by atoms with Crippen LogP contribution in [0.4, 0.5) is 0 Å². The summed E-state index contributed by atoms with van der Waals surface area (Å²) < 4.78 is 5.01. The second-order valence-electron chi connectivity index (χ2n) is 7.63. The maximum atomic E-state index is 13.0. The molecule has 0 bridgehead atoms. The molecule has 0 fully saturated rings. The number of dihydropyridines is 1. The number of allylic oxidation sites excluding steroid dienone is 3. The summed E-state index contributed by atoms with van der Waals surface area (Å²) in [6.45, 7) is 7.98. The molecular weight excluding hydrogens is 316 g/mol. The van der Waals surface area contributed by atoms with E-state index in [2.05, 4.69) is 24.1 Å². The number of nitrogens with zero attached hydrogens (tertiary/aromatic N) is 1. The molecule has 25 heavy (non-hydrogen) atoms. The standard InChI is InChI=1S/C20H24N2O3/c1-11-7-6-8-21-18(11)17-15(19(24)25-5)12(2)22-13-9-20(3,4)10-14(23)16(13)17/h6-8,17,22H,9-10H2,1-5H3/t17-/m1/s1. The summed E-state index contributed by atoms with van der Waals surface area (Å²) in [7, 11) is 1.36. The monoisotopic (exact) mass is 340 g/mol. The van der Waals surface area contributed by atoms with Crippen molar-refractivity contribution in [2.24, 2.45) is 5.41 Å². The fourth-order valence-electron chi connectivity index (χ4n) is 3.89. The summed E-state index contributed by atoms with van der Waals surface area (Å²) in [6, 6.07) is 3.81. The topological polar surface area (TPSA) is 68.3 Å². The van der Waals surface area contributed by atoms with E-state index in [4.69, 9.17) is 4.74 Å². The highest BCUT2D eigenvalue weighted by Gasteiger charge is 2.43. The van der Waals surface area contributed by atoms with Crippen molar-refractivity contribution >= 4 is 11.8 Å². The lowest BCUT2D eigenvalue weighted by molar-refractivity contribution is -0.136. The average molecular weight is 340 g/mol. The van der Waals surface area contributed by atoms with Gasteiger partial charge in [-0.05, 0) is 37.3 Å². The van der Waals surface area contributed by atoms with Gasteiger partial charge in [0.15, 0.2) is 5.78 Å². The number of ketones is 1. The van der Waals surface area contributed by atoms with Crippen LogP contribution < -0.4 is 5.32 Å². The third-order valence-electron chi connectivity index (χ3n) is 4.97. The molecule has 0 saturated heterocycles. The summed E-state index contributed by atoms with van der Waals surface area (Å²) >= 11 is 0. The molecule has 0 saturated carbocycles. The normalized spacial score (nSPS) is 22.4. The van der Waals surface area contributed by atoms with E-state index in [0.717, 1.165) is 29.1 Å². The minimum atomic E-state index is -0.478. The maximum Gasteiger partial charge on any atom is 0.336 e. The number of Topliss-reactive ketones (excluding diaryl/α,β-unsaturated/α-hetero) is 1. The van der Waals surface area contributed by atoms with Crippen molar-refractivity contribution in [1.82, 2.24) is 10.3 Å². The van der Waals surface area contributed by atoms with E-state index in [1.165, 1.54) is 7.11 Å². The van der Waals surface area contributed by atoms with E-state index in [1.54, 1.807) is 6.20 Å². The van der Waals surface area contributed by atoms with Crippen molar-refractivity contribution < 1.29 is 14.3 Å². The molecule has 3 rings (SSSR count). The molecule has 2 heterocycles. The zero-order chi connectivity index (χ0) is 18.4. The van der Waals surface area contributed by atoms with Crippen LogP contribution in [0, 0.1) is 12.3 Å². The van der Waals surface area contributed by atoms with Gasteiger partial charge in [-0.15, -0.1) is 0 Å². The van der Waals surface area contributed by atoms with E-state index in [0.29, 0.717) is 17.6 Å². The van der Waals surface area contributed by atoms with E-state index in [1.807, 2.05) is 26.0 Å². The number of methoxy groups -OCH3 is 1. The first-order chi connectivity index (χ1) is 11.7. The van der Waals surface area contributed by atoms with Crippen LogP contribution in [-0.4, -0.2) is 23.8 Å². The highest BCUT2D eigenvalue weighted by atomic mass is 16.5. The molecule has 1 aromatic heterocycles. The highest BCUT2D eigenvalue weighted by Crippen LogP contribution is 2.46. The van der Waals surface area contributed by atoms with Crippen LogP contribution >= 0.6 is 0 Å². The largest absolute Gasteiger partial charge is 0.466 e.